The zero-order valence-corrected chi connectivity index (χ0v) is 21.6. The summed E-state index contributed by atoms with van der Waals surface area (Å²) in [4.78, 5) is 104. The summed E-state index contributed by atoms with van der Waals surface area (Å²) in [7, 11) is 0. The van der Waals surface area contributed by atoms with Crippen molar-refractivity contribution in [1.82, 2.24) is 42.5 Å². The van der Waals surface area contributed by atoms with Crippen molar-refractivity contribution in [1.29, 1.82) is 0 Å². The van der Waals surface area contributed by atoms with Crippen LogP contribution in [-0.2, 0) is 43.2 Å². The van der Waals surface area contributed by atoms with Crippen LogP contribution in [0.5, 0.6) is 0 Å². The van der Waals surface area contributed by atoms with Crippen LogP contribution in [0, 0.1) is 0 Å². The molecule has 0 spiro atoms. The molecule has 0 aliphatic carbocycles. The maximum atomic E-state index is 12.1. The summed E-state index contributed by atoms with van der Waals surface area (Å²) >= 11 is 0. The van der Waals surface area contributed by atoms with Gasteiger partial charge in [0.2, 0.25) is 47.3 Å². The van der Waals surface area contributed by atoms with Gasteiger partial charge in [0.25, 0.3) is 0 Å². The monoisotopic (exact) mass is 591 g/mol. The highest BCUT2D eigenvalue weighted by Crippen LogP contribution is 1.85. The van der Waals surface area contributed by atoms with Gasteiger partial charge in [-0.25, -0.2) is 4.79 Å². The molecule has 0 fully saturated rings. The van der Waals surface area contributed by atoms with Gasteiger partial charge in [-0.2, -0.15) is 0 Å². The highest BCUT2D eigenvalue weighted by Gasteiger charge is 2.21. The number of aliphatic hydroxyl groups is 2. The standard InChI is InChI=1S/C20H33N9O12/c21-1-12(32)22-2-13(33)23-3-14(34)25-6-17(37)28-10(8-30)19(39)27-5-16(36)24-4-15(35)26-7-18(38)29-11(9-31)20(40)41/h10-11,30-31H,1-9,21H2,(H,22,32)(H,23,33)(H,24,36)(H,25,34)(H,26,35)(H,27,39)(H,28,37)(H,29,38)(H,40,41)/t10-,11-/m0/s1. The Bertz CT molecular complexity index is 991. The van der Waals surface area contributed by atoms with Gasteiger partial charge >= 0.3 is 5.97 Å². The van der Waals surface area contributed by atoms with Gasteiger partial charge in [0.1, 0.15) is 12.1 Å². The van der Waals surface area contributed by atoms with Crippen LogP contribution in [-0.4, -0.2) is 140 Å². The first-order valence-corrected chi connectivity index (χ1v) is 11.7. The van der Waals surface area contributed by atoms with E-state index < -0.39 is 118 Å². The molecule has 0 aromatic rings. The molecule has 0 heterocycles. The van der Waals surface area contributed by atoms with E-state index >= 15 is 0 Å². The predicted molar refractivity (Wildman–Crippen MR) is 133 cm³/mol. The zero-order chi connectivity index (χ0) is 31.4. The number of carboxylic acids is 1. The summed E-state index contributed by atoms with van der Waals surface area (Å²) in [5.41, 5.74) is 5.06. The van der Waals surface area contributed by atoms with Crippen molar-refractivity contribution in [2.75, 3.05) is 59.0 Å². The predicted octanol–water partition coefficient (Wildman–Crippen LogP) is -9.32. The quantitative estimate of drug-likeness (QED) is 0.0664. The molecule has 0 saturated heterocycles. The van der Waals surface area contributed by atoms with Gasteiger partial charge in [0.05, 0.1) is 59.0 Å². The number of hydrogen-bond donors (Lipinski definition) is 12. The molecule has 0 aliphatic rings. The number of aliphatic hydroxyl groups excluding tert-OH is 2. The third-order valence-corrected chi connectivity index (χ3v) is 4.49. The van der Waals surface area contributed by atoms with Crippen molar-refractivity contribution in [3.8, 4) is 0 Å². The van der Waals surface area contributed by atoms with E-state index in [9.17, 15) is 48.3 Å². The minimum absolute atomic E-state index is 0.321. The summed E-state index contributed by atoms with van der Waals surface area (Å²) < 4.78 is 0. The van der Waals surface area contributed by atoms with Crippen LogP contribution in [0.15, 0.2) is 0 Å². The smallest absolute Gasteiger partial charge is 0.328 e. The first-order chi connectivity index (χ1) is 19.3. The van der Waals surface area contributed by atoms with Crippen LogP contribution in [0.25, 0.3) is 0 Å². The van der Waals surface area contributed by atoms with Gasteiger partial charge in [0, 0.05) is 0 Å². The number of nitrogens with one attached hydrogen (secondary N) is 8. The summed E-state index contributed by atoms with van der Waals surface area (Å²) in [6, 6.07) is -3.06. The van der Waals surface area contributed by atoms with Gasteiger partial charge in [-0.3, -0.25) is 38.4 Å². The van der Waals surface area contributed by atoms with Crippen LogP contribution in [0.3, 0.4) is 0 Å². The molecular formula is C20H33N9O12. The molecule has 0 aromatic heterocycles. The van der Waals surface area contributed by atoms with Gasteiger partial charge in [0.15, 0.2) is 0 Å². The Morgan fingerprint density at radius 3 is 1.15 bits per heavy atom. The van der Waals surface area contributed by atoms with Gasteiger partial charge in [-0.1, -0.05) is 0 Å². The second kappa shape index (κ2) is 20.1. The van der Waals surface area contributed by atoms with E-state index in [-0.39, 0.29) is 6.54 Å². The maximum absolute atomic E-state index is 12.1. The van der Waals surface area contributed by atoms with Crippen LogP contribution in [0.1, 0.15) is 0 Å². The lowest BCUT2D eigenvalue weighted by molar-refractivity contribution is -0.142. The van der Waals surface area contributed by atoms with Crippen LogP contribution in [0.2, 0.25) is 0 Å². The average Bonchev–Trinajstić information content (AvgIpc) is 2.95. The van der Waals surface area contributed by atoms with E-state index in [1.54, 1.807) is 0 Å². The molecule has 41 heavy (non-hydrogen) atoms. The normalized spacial score (nSPS) is 11.5. The van der Waals surface area contributed by atoms with E-state index in [0.717, 1.165) is 0 Å². The summed E-state index contributed by atoms with van der Waals surface area (Å²) in [5, 5.41) is 43.7. The van der Waals surface area contributed by atoms with E-state index in [2.05, 4.69) is 37.2 Å². The lowest BCUT2D eigenvalue weighted by Gasteiger charge is -2.16. The Morgan fingerprint density at radius 2 is 0.805 bits per heavy atom. The number of nitrogens with two attached hydrogens (primary N) is 1. The van der Waals surface area contributed by atoms with Crippen molar-refractivity contribution < 1.29 is 58.5 Å². The molecule has 21 heteroatoms. The summed E-state index contributed by atoms with van der Waals surface area (Å²) in [6.45, 7) is -5.56. The molecule has 0 bridgehead atoms. The second-order valence-electron chi connectivity index (χ2n) is 7.75. The fraction of sp³-hybridized carbons (Fsp3) is 0.550. The molecule has 0 radical (unpaired) electrons. The highest BCUT2D eigenvalue weighted by molar-refractivity contribution is 5.94. The molecule has 0 saturated carbocycles. The molecular weight excluding hydrogens is 558 g/mol. The largest absolute Gasteiger partial charge is 0.480 e. The maximum Gasteiger partial charge on any atom is 0.328 e. The number of hydrogen-bond acceptors (Lipinski definition) is 12. The minimum Gasteiger partial charge on any atom is -0.480 e. The third-order valence-electron chi connectivity index (χ3n) is 4.49. The number of carboxylic acid groups (broad SMARTS) is 1. The van der Waals surface area contributed by atoms with Crippen molar-refractivity contribution in [2.24, 2.45) is 5.73 Å². The number of carbonyl (C=O) groups is 9. The van der Waals surface area contributed by atoms with Gasteiger partial charge in [-0.15, -0.1) is 0 Å². The molecule has 13 N–H and O–H groups in total. The number of amides is 8. The van der Waals surface area contributed by atoms with Crippen molar-refractivity contribution in [3.63, 3.8) is 0 Å². The Kier molecular flexibility index (Phi) is 17.7. The van der Waals surface area contributed by atoms with E-state index in [1.165, 1.54) is 0 Å². The minimum atomic E-state index is -1.56. The topological polar surface area (TPSA) is 337 Å². The van der Waals surface area contributed by atoms with Crippen molar-refractivity contribution in [2.45, 2.75) is 12.1 Å². The summed E-state index contributed by atoms with van der Waals surface area (Å²) in [5.74, 6) is -8.01. The first kappa shape index (κ1) is 36.1. The Morgan fingerprint density at radius 1 is 0.488 bits per heavy atom. The van der Waals surface area contributed by atoms with E-state index in [4.69, 9.17) is 15.9 Å². The van der Waals surface area contributed by atoms with Crippen molar-refractivity contribution >= 4 is 53.2 Å². The highest BCUT2D eigenvalue weighted by atomic mass is 16.4. The van der Waals surface area contributed by atoms with Crippen LogP contribution < -0.4 is 48.3 Å². The molecule has 0 unspecified atom stereocenters. The van der Waals surface area contributed by atoms with E-state index in [1.807, 2.05) is 5.32 Å². The van der Waals surface area contributed by atoms with Crippen LogP contribution in [0.4, 0.5) is 0 Å². The molecule has 8 amide bonds. The molecule has 0 rings (SSSR count). The van der Waals surface area contributed by atoms with Crippen molar-refractivity contribution in [3.05, 3.63) is 0 Å². The Labute approximate surface area is 231 Å². The molecule has 230 valence electrons. The fourth-order valence-electron chi connectivity index (χ4n) is 2.38. The van der Waals surface area contributed by atoms with E-state index in [0.29, 0.717) is 0 Å². The third kappa shape index (κ3) is 17.3. The Hall–Kier alpha value is -4.89. The lowest BCUT2D eigenvalue weighted by atomic mass is 10.3. The molecule has 21 nitrogen and oxygen atoms in total. The molecule has 2 atom stereocenters. The fourth-order valence-corrected chi connectivity index (χ4v) is 2.38. The number of carbonyl (C=O) groups excluding carboxylic acids is 8. The first-order valence-electron chi connectivity index (χ1n) is 11.7. The van der Waals surface area contributed by atoms with Gasteiger partial charge < -0.3 is 63.6 Å². The lowest BCUT2D eigenvalue weighted by Crippen LogP contribution is -2.53. The second-order valence-corrected chi connectivity index (χ2v) is 7.75. The average molecular weight is 592 g/mol. The number of rotatable bonds is 19. The Balaban J connectivity index is 4.29. The molecule has 0 aromatic carbocycles. The van der Waals surface area contributed by atoms with Gasteiger partial charge in [-0.05, 0) is 0 Å². The zero-order valence-electron chi connectivity index (χ0n) is 21.6. The SMILES string of the molecule is NCC(=O)NCC(=O)NCC(=O)NCC(=O)N[C@@H](CO)C(=O)NCC(=O)NCC(=O)NCC(=O)N[C@@H](CO)C(=O)O. The number of aliphatic carboxylic acids is 1. The van der Waals surface area contributed by atoms with Crippen LogP contribution >= 0.6 is 0 Å². The molecule has 0 aliphatic heterocycles. The summed E-state index contributed by atoms with van der Waals surface area (Å²) in [6.07, 6.45) is 0.